The predicted octanol–water partition coefficient (Wildman–Crippen LogP) is 5.27. The quantitative estimate of drug-likeness (QED) is 0.612. The number of nitrogens with two attached hydrogens (primary N) is 1. The second-order valence-corrected chi connectivity index (χ2v) is 9.68. The van der Waals surface area contributed by atoms with Crippen molar-refractivity contribution in [3.05, 3.63) is 42.0 Å². The third-order valence-electron chi connectivity index (χ3n) is 6.77. The van der Waals surface area contributed by atoms with E-state index in [9.17, 15) is 13.2 Å². The van der Waals surface area contributed by atoms with E-state index < -0.39 is 18.1 Å². The Bertz CT molecular complexity index is 984. The first-order chi connectivity index (χ1) is 15.5. The topological polar surface area (TPSA) is 51.0 Å². The van der Waals surface area contributed by atoms with E-state index in [2.05, 4.69) is 4.90 Å². The second kappa shape index (κ2) is 8.54. The molecule has 8 heteroatoms. The molecular formula is C25H32F3N3O2. The van der Waals surface area contributed by atoms with Crippen molar-refractivity contribution in [2.75, 3.05) is 42.8 Å². The van der Waals surface area contributed by atoms with Crippen molar-refractivity contribution in [1.82, 2.24) is 0 Å². The molecule has 2 aromatic carbocycles. The highest BCUT2D eigenvalue weighted by Crippen LogP contribution is 2.43. The standard InChI is InChI=1S/C25H32F3N3O2/c1-24(2)15-17-13-20(29)21(14-22(17)33-24)31-11-9-16(10-12-31)23(25(26,27)28)30(3)18-5-7-19(32-4)8-6-18/h5-8,13-14,16,23H,9-12,15,29H2,1-4H3. The van der Waals surface area contributed by atoms with Gasteiger partial charge in [-0.15, -0.1) is 0 Å². The first-order valence-corrected chi connectivity index (χ1v) is 11.3. The van der Waals surface area contributed by atoms with E-state index in [0.717, 1.165) is 23.4 Å². The van der Waals surface area contributed by atoms with Crippen molar-refractivity contribution in [1.29, 1.82) is 0 Å². The molecular weight excluding hydrogens is 431 g/mol. The Kier molecular flexibility index (Phi) is 6.05. The van der Waals surface area contributed by atoms with E-state index in [4.69, 9.17) is 15.2 Å². The zero-order chi connectivity index (χ0) is 24.0. The fourth-order valence-corrected chi connectivity index (χ4v) is 5.17. The number of ether oxygens (including phenoxy) is 2. The molecule has 0 radical (unpaired) electrons. The zero-order valence-electron chi connectivity index (χ0n) is 19.6. The molecule has 0 saturated carbocycles. The van der Waals surface area contributed by atoms with Gasteiger partial charge in [0.05, 0.1) is 18.5 Å². The molecule has 1 saturated heterocycles. The number of hydrogen-bond acceptors (Lipinski definition) is 5. The summed E-state index contributed by atoms with van der Waals surface area (Å²) in [4.78, 5) is 3.43. The number of piperidine rings is 1. The average Bonchev–Trinajstić information content (AvgIpc) is 3.05. The van der Waals surface area contributed by atoms with Crippen LogP contribution in [-0.2, 0) is 6.42 Å². The summed E-state index contributed by atoms with van der Waals surface area (Å²) in [5.41, 5.74) is 9.15. The summed E-state index contributed by atoms with van der Waals surface area (Å²) in [6, 6.07) is 9.03. The molecule has 4 rings (SSSR count). The Labute approximate surface area is 193 Å². The number of nitrogen functional groups attached to an aromatic ring is 1. The maximum atomic E-state index is 14.2. The van der Waals surface area contributed by atoms with Gasteiger partial charge in [0, 0.05) is 43.9 Å². The molecule has 0 amide bonds. The minimum Gasteiger partial charge on any atom is -0.497 e. The van der Waals surface area contributed by atoms with Crippen molar-refractivity contribution >= 4 is 17.1 Å². The Morgan fingerprint density at radius 3 is 2.36 bits per heavy atom. The summed E-state index contributed by atoms with van der Waals surface area (Å²) in [6.07, 6.45) is -2.70. The largest absolute Gasteiger partial charge is 0.497 e. The maximum absolute atomic E-state index is 14.2. The van der Waals surface area contributed by atoms with Crippen molar-refractivity contribution in [2.45, 2.75) is 50.9 Å². The van der Waals surface area contributed by atoms with Crippen LogP contribution < -0.4 is 25.0 Å². The average molecular weight is 464 g/mol. The molecule has 0 bridgehead atoms. The summed E-state index contributed by atoms with van der Waals surface area (Å²) < 4.78 is 53.7. The molecule has 5 nitrogen and oxygen atoms in total. The molecule has 33 heavy (non-hydrogen) atoms. The number of halogens is 3. The summed E-state index contributed by atoms with van der Waals surface area (Å²) in [6.45, 7) is 5.09. The third kappa shape index (κ3) is 4.80. The summed E-state index contributed by atoms with van der Waals surface area (Å²) >= 11 is 0. The van der Waals surface area contributed by atoms with Gasteiger partial charge >= 0.3 is 6.18 Å². The Hall–Kier alpha value is -2.77. The van der Waals surface area contributed by atoms with Crippen LogP contribution in [0.3, 0.4) is 0 Å². The first-order valence-electron chi connectivity index (χ1n) is 11.3. The Morgan fingerprint density at radius 2 is 1.79 bits per heavy atom. The lowest BCUT2D eigenvalue weighted by atomic mass is 9.87. The number of benzene rings is 2. The van der Waals surface area contributed by atoms with Gasteiger partial charge < -0.3 is 25.0 Å². The molecule has 1 atom stereocenters. The fourth-order valence-electron chi connectivity index (χ4n) is 5.17. The third-order valence-corrected chi connectivity index (χ3v) is 6.77. The Balaban J connectivity index is 1.49. The lowest BCUT2D eigenvalue weighted by Gasteiger charge is -2.42. The van der Waals surface area contributed by atoms with Gasteiger partial charge in [-0.1, -0.05) is 0 Å². The highest BCUT2D eigenvalue weighted by atomic mass is 19.4. The SMILES string of the molecule is COc1ccc(N(C)C(C2CCN(c3cc4c(cc3N)CC(C)(C)O4)CC2)C(F)(F)F)cc1. The van der Waals surface area contributed by atoms with Gasteiger partial charge in [0.1, 0.15) is 23.1 Å². The van der Waals surface area contributed by atoms with E-state index in [1.165, 1.54) is 19.1 Å². The number of hydrogen-bond donors (Lipinski definition) is 1. The van der Waals surface area contributed by atoms with Crippen LogP contribution in [0.2, 0.25) is 0 Å². The number of nitrogens with zero attached hydrogens (tertiary/aromatic N) is 2. The summed E-state index contributed by atoms with van der Waals surface area (Å²) in [5.74, 6) is 0.918. The molecule has 0 aromatic heterocycles. The van der Waals surface area contributed by atoms with E-state index in [1.807, 2.05) is 26.0 Å². The van der Waals surface area contributed by atoms with Gasteiger partial charge in [-0.25, -0.2) is 0 Å². The van der Waals surface area contributed by atoms with Gasteiger partial charge in [-0.3, -0.25) is 0 Å². The minimum absolute atomic E-state index is 0.271. The van der Waals surface area contributed by atoms with Gasteiger partial charge in [0.25, 0.3) is 0 Å². The zero-order valence-corrected chi connectivity index (χ0v) is 19.6. The van der Waals surface area contributed by atoms with Crippen LogP contribution in [0.25, 0.3) is 0 Å². The van der Waals surface area contributed by atoms with Crippen molar-refractivity contribution < 1.29 is 22.6 Å². The summed E-state index contributed by atoms with van der Waals surface area (Å²) in [7, 11) is 3.05. The van der Waals surface area contributed by atoms with Crippen molar-refractivity contribution in [2.24, 2.45) is 5.92 Å². The molecule has 180 valence electrons. The monoisotopic (exact) mass is 463 g/mol. The van der Waals surface area contributed by atoms with Crippen LogP contribution >= 0.6 is 0 Å². The molecule has 1 unspecified atom stereocenters. The number of anilines is 3. The van der Waals surface area contributed by atoms with Crippen LogP contribution in [0.1, 0.15) is 32.3 Å². The molecule has 0 spiro atoms. The maximum Gasteiger partial charge on any atom is 0.408 e. The van der Waals surface area contributed by atoms with E-state index >= 15 is 0 Å². The first kappa shape index (κ1) is 23.4. The van der Waals surface area contributed by atoms with Crippen LogP contribution in [0.4, 0.5) is 30.2 Å². The summed E-state index contributed by atoms with van der Waals surface area (Å²) in [5, 5.41) is 0. The lowest BCUT2D eigenvalue weighted by Crippen LogP contribution is -2.52. The molecule has 2 aromatic rings. The van der Waals surface area contributed by atoms with Gasteiger partial charge in [-0.2, -0.15) is 13.2 Å². The number of methoxy groups -OCH3 is 1. The highest BCUT2D eigenvalue weighted by Gasteiger charge is 2.48. The van der Waals surface area contributed by atoms with Crippen molar-refractivity contribution in [3.8, 4) is 11.5 Å². The van der Waals surface area contributed by atoms with Crippen LogP contribution in [0, 0.1) is 5.92 Å². The minimum atomic E-state index is -4.34. The predicted molar refractivity (Wildman–Crippen MR) is 125 cm³/mol. The highest BCUT2D eigenvalue weighted by molar-refractivity contribution is 5.72. The van der Waals surface area contributed by atoms with Gasteiger partial charge in [-0.05, 0) is 62.9 Å². The molecule has 2 N–H and O–H groups in total. The normalized spacial score (nSPS) is 19.1. The molecule has 1 fully saturated rings. The van der Waals surface area contributed by atoms with Gasteiger partial charge in [0.15, 0.2) is 0 Å². The van der Waals surface area contributed by atoms with Crippen LogP contribution in [0.15, 0.2) is 36.4 Å². The molecule has 0 aliphatic carbocycles. The lowest BCUT2D eigenvalue weighted by molar-refractivity contribution is -0.161. The van der Waals surface area contributed by atoms with E-state index in [-0.39, 0.29) is 5.60 Å². The van der Waals surface area contributed by atoms with Crippen LogP contribution in [-0.4, -0.2) is 45.1 Å². The molecule has 2 aliphatic heterocycles. The van der Waals surface area contributed by atoms with Gasteiger partial charge in [0.2, 0.25) is 0 Å². The molecule has 2 aliphatic rings. The Morgan fingerprint density at radius 1 is 1.15 bits per heavy atom. The smallest absolute Gasteiger partial charge is 0.408 e. The fraction of sp³-hybridized carbons (Fsp3) is 0.520. The second-order valence-electron chi connectivity index (χ2n) is 9.68. The van der Waals surface area contributed by atoms with Crippen LogP contribution in [0.5, 0.6) is 11.5 Å². The van der Waals surface area contributed by atoms with E-state index in [0.29, 0.717) is 43.1 Å². The van der Waals surface area contributed by atoms with E-state index in [1.54, 1.807) is 24.3 Å². The van der Waals surface area contributed by atoms with Crippen molar-refractivity contribution in [3.63, 3.8) is 0 Å². The number of fused-ring (bicyclic) bond motifs is 1. The molecule has 2 heterocycles. The number of alkyl halides is 3. The number of rotatable bonds is 5.